The van der Waals surface area contributed by atoms with Gasteiger partial charge in [-0.15, -0.1) is 0 Å². The molecule has 0 fully saturated rings. The van der Waals surface area contributed by atoms with Crippen molar-refractivity contribution in [3.05, 3.63) is 53.6 Å². The number of H-pyrrole nitrogens is 1. The highest BCUT2D eigenvalue weighted by molar-refractivity contribution is 5.81. The van der Waals surface area contributed by atoms with Gasteiger partial charge in [-0.25, -0.2) is 4.98 Å². The molecule has 3 aromatic rings. The lowest BCUT2D eigenvalue weighted by atomic mass is 10.1. The number of benzene rings is 2. The lowest BCUT2D eigenvalue weighted by Crippen LogP contribution is -2.07. The summed E-state index contributed by atoms with van der Waals surface area (Å²) < 4.78 is 39.1. The van der Waals surface area contributed by atoms with Crippen molar-refractivity contribution in [2.75, 3.05) is 0 Å². The van der Waals surface area contributed by atoms with E-state index in [1.807, 2.05) is 6.07 Å². The number of nitrogens with zero attached hydrogens (tertiary/aromatic N) is 2. The van der Waals surface area contributed by atoms with Gasteiger partial charge in [0.2, 0.25) is 0 Å². The molecule has 0 atom stereocenters. The molecule has 3 rings (SSSR count). The smallest absolute Gasteiger partial charge is 0.338 e. The maximum Gasteiger partial charge on any atom is 0.417 e. The van der Waals surface area contributed by atoms with Crippen molar-refractivity contribution in [1.82, 2.24) is 9.97 Å². The van der Waals surface area contributed by atoms with Crippen molar-refractivity contribution in [2.24, 2.45) is 0 Å². The van der Waals surface area contributed by atoms with Gasteiger partial charge in [-0.1, -0.05) is 18.2 Å². The minimum atomic E-state index is -4.45. The summed E-state index contributed by atoms with van der Waals surface area (Å²) in [4.78, 5) is 7.00. The van der Waals surface area contributed by atoms with Crippen LogP contribution in [0.5, 0.6) is 0 Å². The van der Waals surface area contributed by atoms with E-state index in [-0.39, 0.29) is 11.4 Å². The number of aromatic nitrogens is 2. The van der Waals surface area contributed by atoms with Gasteiger partial charge < -0.3 is 4.98 Å². The minimum Gasteiger partial charge on any atom is -0.338 e. The van der Waals surface area contributed by atoms with Crippen LogP contribution in [0.25, 0.3) is 22.4 Å². The van der Waals surface area contributed by atoms with Gasteiger partial charge >= 0.3 is 6.18 Å². The van der Waals surface area contributed by atoms with E-state index in [0.717, 1.165) is 6.07 Å². The van der Waals surface area contributed by atoms with E-state index in [4.69, 9.17) is 5.26 Å². The number of nitriles is 1. The van der Waals surface area contributed by atoms with Gasteiger partial charge in [0.1, 0.15) is 5.82 Å². The van der Waals surface area contributed by atoms with E-state index < -0.39 is 11.7 Å². The minimum absolute atomic E-state index is 0.0142. The third-order valence-electron chi connectivity index (χ3n) is 3.10. The normalized spacial score (nSPS) is 11.5. The molecule has 0 bridgehead atoms. The largest absolute Gasteiger partial charge is 0.417 e. The Morgan fingerprint density at radius 3 is 2.57 bits per heavy atom. The molecule has 1 heterocycles. The molecule has 104 valence electrons. The molecule has 0 saturated heterocycles. The quantitative estimate of drug-likeness (QED) is 0.732. The van der Waals surface area contributed by atoms with Crippen molar-refractivity contribution < 1.29 is 13.2 Å². The lowest BCUT2D eigenvalue weighted by Gasteiger charge is -2.10. The Bertz CT molecular complexity index is 856. The Morgan fingerprint density at radius 1 is 1.10 bits per heavy atom. The molecule has 0 amide bonds. The first-order valence-corrected chi connectivity index (χ1v) is 6.05. The Balaban J connectivity index is 2.20. The Morgan fingerprint density at radius 2 is 1.86 bits per heavy atom. The van der Waals surface area contributed by atoms with Crippen molar-refractivity contribution in [2.45, 2.75) is 6.18 Å². The third-order valence-corrected chi connectivity index (χ3v) is 3.10. The number of aromatic amines is 1. The summed E-state index contributed by atoms with van der Waals surface area (Å²) in [5.41, 5.74) is 0.702. The summed E-state index contributed by atoms with van der Waals surface area (Å²) in [7, 11) is 0. The van der Waals surface area contributed by atoms with Gasteiger partial charge in [0, 0.05) is 5.56 Å². The van der Waals surface area contributed by atoms with Gasteiger partial charge in [0.25, 0.3) is 0 Å². The molecule has 0 unspecified atom stereocenters. The van der Waals surface area contributed by atoms with Crippen LogP contribution in [0, 0.1) is 11.3 Å². The summed E-state index contributed by atoms with van der Waals surface area (Å²) in [6.45, 7) is 0. The predicted octanol–water partition coefficient (Wildman–Crippen LogP) is 4.12. The number of hydrogen-bond acceptors (Lipinski definition) is 2. The van der Waals surface area contributed by atoms with E-state index in [2.05, 4.69) is 9.97 Å². The fourth-order valence-corrected chi connectivity index (χ4v) is 2.14. The summed E-state index contributed by atoms with van der Waals surface area (Å²) in [5, 5.41) is 8.84. The van der Waals surface area contributed by atoms with Crippen LogP contribution in [0.2, 0.25) is 0 Å². The van der Waals surface area contributed by atoms with Crippen molar-refractivity contribution in [3.8, 4) is 17.5 Å². The van der Waals surface area contributed by atoms with Crippen LogP contribution in [-0.4, -0.2) is 9.97 Å². The summed E-state index contributed by atoms with van der Waals surface area (Å²) >= 11 is 0. The van der Waals surface area contributed by atoms with Gasteiger partial charge in [-0.2, -0.15) is 18.4 Å². The van der Waals surface area contributed by atoms with Crippen LogP contribution < -0.4 is 0 Å². The molecule has 0 aliphatic heterocycles. The topological polar surface area (TPSA) is 52.5 Å². The number of fused-ring (bicyclic) bond motifs is 1. The molecule has 3 nitrogen and oxygen atoms in total. The number of imidazole rings is 1. The SMILES string of the molecule is N#Cc1ccc2nc(-c3ccccc3C(F)(F)F)[nH]c2c1. The first kappa shape index (κ1) is 13.2. The van der Waals surface area contributed by atoms with E-state index in [1.54, 1.807) is 18.2 Å². The van der Waals surface area contributed by atoms with Gasteiger partial charge in [0.15, 0.2) is 0 Å². The highest BCUT2D eigenvalue weighted by atomic mass is 19.4. The lowest BCUT2D eigenvalue weighted by molar-refractivity contribution is -0.137. The van der Waals surface area contributed by atoms with Crippen LogP contribution in [-0.2, 0) is 6.18 Å². The summed E-state index contributed by atoms with van der Waals surface area (Å²) in [6, 6.07) is 12.0. The molecule has 0 aliphatic rings. The summed E-state index contributed by atoms with van der Waals surface area (Å²) in [5.74, 6) is 0.132. The monoisotopic (exact) mass is 287 g/mol. The molecule has 1 aromatic heterocycles. The average Bonchev–Trinajstić information content (AvgIpc) is 2.89. The first-order valence-electron chi connectivity index (χ1n) is 6.05. The number of alkyl halides is 3. The molecule has 0 spiro atoms. The maximum atomic E-state index is 13.0. The molecule has 0 saturated carbocycles. The van der Waals surface area contributed by atoms with E-state index in [1.165, 1.54) is 18.2 Å². The zero-order chi connectivity index (χ0) is 15.0. The van der Waals surface area contributed by atoms with Crippen LogP contribution >= 0.6 is 0 Å². The average molecular weight is 287 g/mol. The predicted molar refractivity (Wildman–Crippen MR) is 71.2 cm³/mol. The Labute approximate surface area is 117 Å². The second kappa shape index (κ2) is 4.63. The van der Waals surface area contributed by atoms with Crippen molar-refractivity contribution in [3.63, 3.8) is 0 Å². The molecule has 21 heavy (non-hydrogen) atoms. The van der Waals surface area contributed by atoms with Crippen LogP contribution in [0.15, 0.2) is 42.5 Å². The van der Waals surface area contributed by atoms with Crippen molar-refractivity contribution in [1.29, 1.82) is 5.26 Å². The second-order valence-corrected chi connectivity index (χ2v) is 4.47. The number of nitrogens with one attached hydrogen (secondary N) is 1. The van der Waals surface area contributed by atoms with E-state index in [9.17, 15) is 13.2 Å². The highest BCUT2D eigenvalue weighted by Crippen LogP contribution is 2.36. The van der Waals surface area contributed by atoms with Crippen LogP contribution in [0.1, 0.15) is 11.1 Å². The number of halogens is 3. The van der Waals surface area contributed by atoms with E-state index in [0.29, 0.717) is 16.6 Å². The standard InChI is InChI=1S/C15H8F3N3/c16-15(17,18)11-4-2-1-3-10(11)14-20-12-6-5-9(8-19)7-13(12)21-14/h1-7H,(H,20,21). The first-order chi connectivity index (χ1) is 9.99. The molecular formula is C15H8F3N3. The zero-order valence-corrected chi connectivity index (χ0v) is 10.6. The molecule has 2 aromatic carbocycles. The number of hydrogen-bond donors (Lipinski definition) is 1. The fourth-order valence-electron chi connectivity index (χ4n) is 2.14. The molecule has 6 heteroatoms. The fraction of sp³-hybridized carbons (Fsp3) is 0.0667. The molecular weight excluding hydrogens is 279 g/mol. The number of rotatable bonds is 1. The Kier molecular flexibility index (Phi) is 2.91. The van der Waals surface area contributed by atoms with Gasteiger partial charge in [0.05, 0.1) is 28.2 Å². The van der Waals surface area contributed by atoms with E-state index >= 15 is 0 Å². The molecule has 0 aliphatic carbocycles. The highest BCUT2D eigenvalue weighted by Gasteiger charge is 2.34. The van der Waals surface area contributed by atoms with Crippen LogP contribution in [0.3, 0.4) is 0 Å². The second-order valence-electron chi connectivity index (χ2n) is 4.47. The van der Waals surface area contributed by atoms with Gasteiger partial charge in [-0.05, 0) is 24.3 Å². The molecule has 0 radical (unpaired) electrons. The maximum absolute atomic E-state index is 13.0. The summed E-state index contributed by atoms with van der Waals surface area (Å²) in [6.07, 6.45) is -4.45. The Hall–Kier alpha value is -2.81. The molecule has 1 N–H and O–H groups in total. The zero-order valence-electron chi connectivity index (χ0n) is 10.6. The van der Waals surface area contributed by atoms with Crippen molar-refractivity contribution >= 4 is 11.0 Å². The third kappa shape index (κ3) is 2.34. The van der Waals surface area contributed by atoms with Gasteiger partial charge in [-0.3, -0.25) is 0 Å². The van der Waals surface area contributed by atoms with Crippen LogP contribution in [0.4, 0.5) is 13.2 Å².